The zero-order valence-corrected chi connectivity index (χ0v) is 21.0. The van der Waals surface area contributed by atoms with Crippen molar-refractivity contribution >= 4 is 33.1 Å². The molecule has 35 heavy (non-hydrogen) atoms. The van der Waals surface area contributed by atoms with Gasteiger partial charge in [-0.2, -0.15) is 0 Å². The van der Waals surface area contributed by atoms with Crippen LogP contribution in [0.15, 0.2) is 47.4 Å². The van der Waals surface area contributed by atoms with Crippen LogP contribution in [0.3, 0.4) is 0 Å². The number of aromatic nitrogens is 1. The maximum absolute atomic E-state index is 13.5. The van der Waals surface area contributed by atoms with E-state index in [-0.39, 0.29) is 28.6 Å². The van der Waals surface area contributed by atoms with Gasteiger partial charge in [0.25, 0.3) is 10.0 Å². The zero-order valence-electron chi connectivity index (χ0n) is 19.3. The summed E-state index contributed by atoms with van der Waals surface area (Å²) in [5.41, 5.74) is 1.33. The van der Waals surface area contributed by atoms with Crippen LogP contribution in [-0.2, 0) is 21.2 Å². The lowest BCUT2D eigenvalue weighted by Crippen LogP contribution is -2.31. The molecule has 0 amide bonds. The summed E-state index contributed by atoms with van der Waals surface area (Å²) in [6.45, 7) is 5.26. The third kappa shape index (κ3) is 5.76. The number of thiazole rings is 1. The van der Waals surface area contributed by atoms with E-state index in [1.165, 1.54) is 42.7 Å². The van der Waals surface area contributed by atoms with Gasteiger partial charge < -0.3 is 9.47 Å². The number of alkyl halides is 3. The molecule has 0 spiro atoms. The Morgan fingerprint density at radius 3 is 2.31 bits per heavy atom. The van der Waals surface area contributed by atoms with Crippen LogP contribution in [0.25, 0.3) is 10.6 Å². The second kappa shape index (κ2) is 10.2. The Bertz CT molecular complexity index is 1320. The average Bonchev–Trinajstić information content (AvgIpc) is 3.18. The number of ether oxygens (including phenoxy) is 2. The maximum atomic E-state index is 13.5. The van der Waals surface area contributed by atoms with Crippen molar-refractivity contribution in [1.82, 2.24) is 4.98 Å². The van der Waals surface area contributed by atoms with Crippen molar-refractivity contribution in [1.29, 1.82) is 0 Å². The number of halogens is 3. The van der Waals surface area contributed by atoms with Crippen LogP contribution < -0.4 is 9.04 Å². The van der Waals surface area contributed by atoms with Crippen LogP contribution in [0.4, 0.5) is 19.0 Å². The van der Waals surface area contributed by atoms with E-state index in [1.807, 2.05) is 6.92 Å². The number of esters is 1. The number of carbonyl (C=O) groups is 1. The third-order valence-corrected chi connectivity index (χ3v) is 7.96. The van der Waals surface area contributed by atoms with Gasteiger partial charge in [-0.15, -0.1) is 24.5 Å². The predicted octanol–water partition coefficient (Wildman–Crippen LogP) is 5.58. The molecule has 188 valence electrons. The number of hydrogen-bond acceptors (Lipinski definition) is 7. The molecule has 7 nitrogen and oxygen atoms in total. The minimum atomic E-state index is -4.80. The molecular weight excluding hydrogens is 505 g/mol. The highest BCUT2D eigenvalue weighted by Gasteiger charge is 2.31. The molecule has 0 atom stereocenters. The van der Waals surface area contributed by atoms with Crippen molar-refractivity contribution in [3.8, 4) is 16.3 Å². The molecule has 3 aromatic rings. The molecule has 0 unspecified atom stereocenters. The first kappa shape index (κ1) is 26.5. The molecule has 2 aromatic carbocycles. The van der Waals surface area contributed by atoms with Gasteiger partial charge in [0.05, 0.1) is 17.6 Å². The average molecular weight is 529 g/mol. The SMILES string of the molecule is CCc1ccc(S(=O)(=O)N(CC)c2nc(-c3ccc(OC(F)(F)F)cc3)sc2C)cc1C(=O)OC. The Labute approximate surface area is 205 Å². The Morgan fingerprint density at radius 2 is 1.77 bits per heavy atom. The Morgan fingerprint density at radius 1 is 1.11 bits per heavy atom. The van der Waals surface area contributed by atoms with Crippen molar-refractivity contribution in [2.24, 2.45) is 0 Å². The highest BCUT2D eigenvalue weighted by Crippen LogP contribution is 2.36. The standard InChI is InChI=1S/C23H23F3N2O5S2/c1-5-15-9-12-18(13-19(15)22(29)32-4)35(30,31)28(6-2)20-14(3)34-21(27-20)16-7-10-17(11-8-16)33-23(24,25)26/h7-13H,5-6H2,1-4H3. The monoisotopic (exact) mass is 528 g/mol. The molecule has 0 N–H and O–H groups in total. The van der Waals surface area contributed by atoms with Gasteiger partial charge in [0.15, 0.2) is 5.82 Å². The number of hydrogen-bond donors (Lipinski definition) is 0. The first-order valence-electron chi connectivity index (χ1n) is 10.5. The molecule has 0 saturated heterocycles. The molecule has 0 radical (unpaired) electrons. The van der Waals surface area contributed by atoms with Crippen LogP contribution in [0.1, 0.15) is 34.6 Å². The fourth-order valence-corrected chi connectivity index (χ4v) is 5.92. The van der Waals surface area contributed by atoms with Crippen molar-refractivity contribution in [3.05, 3.63) is 58.5 Å². The van der Waals surface area contributed by atoms with Crippen LogP contribution in [0.2, 0.25) is 0 Å². The Kier molecular flexibility index (Phi) is 7.75. The van der Waals surface area contributed by atoms with E-state index in [4.69, 9.17) is 4.74 Å². The lowest BCUT2D eigenvalue weighted by atomic mass is 10.1. The van der Waals surface area contributed by atoms with E-state index >= 15 is 0 Å². The molecule has 0 fully saturated rings. The number of sulfonamides is 1. The molecule has 0 saturated carbocycles. The molecule has 0 aliphatic heterocycles. The smallest absolute Gasteiger partial charge is 0.465 e. The van der Waals surface area contributed by atoms with E-state index in [9.17, 15) is 26.4 Å². The second-order valence-corrected chi connectivity index (χ2v) is 10.4. The van der Waals surface area contributed by atoms with Crippen LogP contribution in [0, 0.1) is 6.92 Å². The van der Waals surface area contributed by atoms with Gasteiger partial charge in [-0.3, -0.25) is 0 Å². The minimum absolute atomic E-state index is 0.0633. The zero-order chi connectivity index (χ0) is 26.0. The van der Waals surface area contributed by atoms with Crippen molar-refractivity contribution in [2.75, 3.05) is 18.0 Å². The second-order valence-electron chi connectivity index (χ2n) is 7.30. The van der Waals surface area contributed by atoms with E-state index in [0.29, 0.717) is 27.4 Å². The van der Waals surface area contributed by atoms with E-state index < -0.39 is 22.4 Å². The van der Waals surface area contributed by atoms with E-state index in [2.05, 4.69) is 9.72 Å². The number of methoxy groups -OCH3 is 1. The molecule has 3 rings (SSSR count). The summed E-state index contributed by atoms with van der Waals surface area (Å²) >= 11 is 1.20. The third-order valence-electron chi connectivity index (χ3n) is 5.09. The van der Waals surface area contributed by atoms with Crippen molar-refractivity contribution in [2.45, 2.75) is 38.4 Å². The summed E-state index contributed by atoms with van der Waals surface area (Å²) in [5.74, 6) is -0.807. The van der Waals surface area contributed by atoms with Gasteiger partial charge in [0.1, 0.15) is 10.8 Å². The predicted molar refractivity (Wildman–Crippen MR) is 126 cm³/mol. The largest absolute Gasteiger partial charge is 0.573 e. The number of nitrogens with zero attached hydrogens (tertiary/aromatic N) is 2. The lowest BCUT2D eigenvalue weighted by Gasteiger charge is -2.22. The lowest BCUT2D eigenvalue weighted by molar-refractivity contribution is -0.274. The summed E-state index contributed by atoms with van der Waals surface area (Å²) in [6.07, 6.45) is -4.28. The summed E-state index contributed by atoms with van der Waals surface area (Å²) in [4.78, 5) is 17.2. The summed E-state index contributed by atoms with van der Waals surface area (Å²) in [6, 6.07) is 9.47. The molecule has 12 heteroatoms. The Balaban J connectivity index is 1.98. The number of carbonyl (C=O) groups excluding carboxylic acids is 1. The quantitative estimate of drug-likeness (QED) is 0.355. The fourth-order valence-electron chi connectivity index (χ4n) is 3.43. The maximum Gasteiger partial charge on any atom is 0.573 e. The summed E-state index contributed by atoms with van der Waals surface area (Å²) < 4.78 is 74.1. The van der Waals surface area contributed by atoms with Crippen LogP contribution in [-0.4, -0.2) is 39.4 Å². The van der Waals surface area contributed by atoms with Crippen LogP contribution >= 0.6 is 11.3 Å². The fraction of sp³-hybridized carbons (Fsp3) is 0.304. The highest BCUT2D eigenvalue weighted by atomic mass is 32.2. The summed E-state index contributed by atoms with van der Waals surface area (Å²) in [5, 5.41) is 0.432. The van der Waals surface area contributed by atoms with E-state index in [0.717, 1.165) is 16.4 Å². The first-order valence-corrected chi connectivity index (χ1v) is 12.7. The molecule has 1 heterocycles. The first-order chi connectivity index (χ1) is 16.4. The van der Waals surface area contributed by atoms with Gasteiger partial charge in [-0.25, -0.2) is 22.5 Å². The minimum Gasteiger partial charge on any atom is -0.465 e. The van der Waals surface area contributed by atoms with Gasteiger partial charge in [-0.05, 0) is 62.2 Å². The van der Waals surface area contributed by atoms with E-state index in [1.54, 1.807) is 19.9 Å². The van der Waals surface area contributed by atoms with Gasteiger partial charge >= 0.3 is 12.3 Å². The molecule has 0 bridgehead atoms. The highest BCUT2D eigenvalue weighted by molar-refractivity contribution is 7.92. The van der Waals surface area contributed by atoms with Gasteiger partial charge in [0.2, 0.25) is 0 Å². The number of anilines is 1. The molecule has 0 aliphatic carbocycles. The van der Waals surface area contributed by atoms with Crippen molar-refractivity contribution in [3.63, 3.8) is 0 Å². The molecular formula is C23H23F3N2O5S2. The number of aryl methyl sites for hydroxylation is 2. The molecule has 0 aliphatic rings. The van der Waals surface area contributed by atoms with Crippen molar-refractivity contribution < 1.29 is 35.9 Å². The summed E-state index contributed by atoms with van der Waals surface area (Å²) in [7, 11) is -2.86. The number of benzene rings is 2. The normalized spacial score (nSPS) is 11.9. The van der Waals surface area contributed by atoms with Gasteiger partial charge in [0, 0.05) is 17.0 Å². The van der Waals surface area contributed by atoms with Crippen LogP contribution in [0.5, 0.6) is 5.75 Å². The topological polar surface area (TPSA) is 85.8 Å². The molecule has 1 aromatic heterocycles. The Hall–Kier alpha value is -3.12. The van der Waals surface area contributed by atoms with Gasteiger partial charge in [-0.1, -0.05) is 13.0 Å². The number of rotatable bonds is 8.